The molecule has 1 rings (SSSR count). The summed E-state index contributed by atoms with van der Waals surface area (Å²) in [7, 11) is 0. The average Bonchev–Trinajstić information content (AvgIpc) is 2.17. The van der Waals surface area contributed by atoms with Crippen LogP contribution >= 0.6 is 0 Å². The molecule has 0 radical (unpaired) electrons. The fourth-order valence-corrected chi connectivity index (χ4v) is 0.612. The number of nitriles is 1. The lowest BCUT2D eigenvalue weighted by Gasteiger charge is -2.04. The van der Waals surface area contributed by atoms with Gasteiger partial charge in [-0.2, -0.15) is 5.26 Å². The largest absolute Gasteiger partial charge is 0.388 e. The third-order valence-electron chi connectivity index (χ3n) is 1.15. The fourth-order valence-electron chi connectivity index (χ4n) is 0.612. The van der Waals surface area contributed by atoms with Gasteiger partial charge in [-0.25, -0.2) is 0 Å². The van der Waals surface area contributed by atoms with E-state index in [1.165, 1.54) is 0 Å². The van der Waals surface area contributed by atoms with Gasteiger partial charge >= 0.3 is 0 Å². The van der Waals surface area contributed by atoms with Gasteiger partial charge in [0, 0.05) is 0 Å². The smallest absolute Gasteiger partial charge is 0.172 e. The molecule has 4 nitrogen and oxygen atoms in total. The van der Waals surface area contributed by atoms with E-state index in [4.69, 9.17) is 16.8 Å². The Labute approximate surface area is 53.7 Å². The second-order valence-corrected chi connectivity index (χ2v) is 1.80. The molecule has 50 valence electrons. The number of ether oxygens (including phenoxy) is 1. The predicted octanol–water partition coefficient (Wildman–Crippen LogP) is -1.37. The van der Waals surface area contributed by atoms with E-state index in [2.05, 4.69) is 4.74 Å². The van der Waals surface area contributed by atoms with Crippen molar-refractivity contribution in [1.29, 1.82) is 5.26 Å². The monoisotopic (exact) mass is 130 g/mol. The first kappa shape index (κ1) is 5.18. The maximum atomic E-state index is 8.91. The number of hydrogen-bond donors (Lipinski definition) is 2. The van der Waals surface area contributed by atoms with Gasteiger partial charge in [0.2, 0.25) is 0 Å². The molecule has 4 heteroatoms. The van der Waals surface area contributed by atoms with Crippen LogP contribution in [-0.4, -0.2) is 35.1 Å². The fraction of sp³-hybridized carbons (Fsp3) is 0.800. The Balaban J connectivity index is 2.64. The molecule has 4 unspecified atom stereocenters. The highest BCUT2D eigenvalue weighted by Gasteiger charge is 2.34. The number of hydrogen-bond acceptors (Lipinski definition) is 4. The van der Waals surface area contributed by atoms with Gasteiger partial charge in [0.05, 0.1) is 14.0 Å². The molecule has 4 atom stereocenters. The summed E-state index contributed by atoms with van der Waals surface area (Å²) in [6.07, 6.45) is -3.56. The molecule has 0 spiro atoms. The van der Waals surface area contributed by atoms with Gasteiger partial charge in [-0.05, 0) is 0 Å². The molecule has 0 aromatic rings. The van der Waals surface area contributed by atoms with E-state index >= 15 is 0 Å². The molecular formula is C5H7NO3. The Bertz CT molecular complexity index is 169. The lowest BCUT2D eigenvalue weighted by Crippen LogP contribution is -2.28. The highest BCUT2D eigenvalue weighted by atomic mass is 16.5. The average molecular weight is 130 g/mol. The molecule has 1 heterocycles. The lowest BCUT2D eigenvalue weighted by molar-refractivity contribution is 0.0441. The molecule has 1 aliphatic rings. The first-order valence-corrected chi connectivity index (χ1v) is 2.50. The van der Waals surface area contributed by atoms with Crippen molar-refractivity contribution in [2.45, 2.75) is 18.3 Å². The van der Waals surface area contributed by atoms with Crippen molar-refractivity contribution in [2.24, 2.45) is 0 Å². The van der Waals surface area contributed by atoms with Gasteiger partial charge in [-0.3, -0.25) is 0 Å². The molecule has 0 bridgehead atoms. The highest BCUT2D eigenvalue weighted by Crippen LogP contribution is 2.12. The van der Waals surface area contributed by atoms with Crippen LogP contribution in [0.2, 0.25) is 0 Å². The molecule has 1 saturated heterocycles. The maximum Gasteiger partial charge on any atom is 0.172 e. The van der Waals surface area contributed by atoms with E-state index in [9.17, 15) is 0 Å². The molecule has 1 fully saturated rings. The van der Waals surface area contributed by atoms with Crippen LogP contribution in [0.1, 0.15) is 1.37 Å². The first-order valence-electron chi connectivity index (χ1n) is 3.08. The predicted molar refractivity (Wildman–Crippen MR) is 27.4 cm³/mol. The standard InChI is InChI=1S/C5H7NO3/c6-1-4-5(8)3(7)2-9-4/h3-5,7-8H,2H2/i2D. The summed E-state index contributed by atoms with van der Waals surface area (Å²) >= 11 is 0. The van der Waals surface area contributed by atoms with E-state index in [-0.39, 0.29) is 0 Å². The zero-order valence-electron chi connectivity index (χ0n) is 5.56. The zero-order chi connectivity index (χ0) is 7.72. The van der Waals surface area contributed by atoms with Gasteiger partial charge < -0.3 is 14.9 Å². The molecule has 0 amide bonds. The molecule has 1 aliphatic heterocycles. The summed E-state index contributed by atoms with van der Waals surface area (Å²) in [5.74, 6) is 0. The van der Waals surface area contributed by atoms with E-state index in [0.717, 1.165) is 0 Å². The van der Waals surface area contributed by atoms with Gasteiger partial charge in [0.15, 0.2) is 6.10 Å². The summed E-state index contributed by atoms with van der Waals surface area (Å²) in [5.41, 5.74) is 0. The van der Waals surface area contributed by atoms with Gasteiger partial charge in [-0.1, -0.05) is 0 Å². The van der Waals surface area contributed by atoms with Crippen LogP contribution in [0, 0.1) is 11.3 Å². The van der Waals surface area contributed by atoms with Crippen LogP contribution in [0.15, 0.2) is 0 Å². The van der Waals surface area contributed by atoms with Crippen molar-refractivity contribution < 1.29 is 16.3 Å². The first-order chi connectivity index (χ1) is 4.66. The minimum Gasteiger partial charge on any atom is -0.388 e. The molecular weight excluding hydrogens is 122 g/mol. The Morgan fingerprint density at radius 2 is 2.44 bits per heavy atom. The summed E-state index contributed by atoms with van der Waals surface area (Å²) in [6.45, 7) is -1.19. The molecule has 0 aliphatic carbocycles. The van der Waals surface area contributed by atoms with Crippen molar-refractivity contribution in [3.8, 4) is 6.07 Å². The minimum absolute atomic E-state index is 1.06. The van der Waals surface area contributed by atoms with Gasteiger partial charge in [0.25, 0.3) is 0 Å². The minimum atomic E-state index is -1.26. The van der Waals surface area contributed by atoms with E-state index in [1.54, 1.807) is 6.07 Å². The topological polar surface area (TPSA) is 73.5 Å². The third-order valence-corrected chi connectivity index (χ3v) is 1.15. The Morgan fingerprint density at radius 3 is 2.67 bits per heavy atom. The highest BCUT2D eigenvalue weighted by molar-refractivity contribution is 4.97. The maximum absolute atomic E-state index is 8.91. The molecule has 0 aromatic carbocycles. The van der Waals surface area contributed by atoms with Crippen LogP contribution in [0.4, 0.5) is 0 Å². The van der Waals surface area contributed by atoms with Gasteiger partial charge in [-0.15, -0.1) is 0 Å². The van der Waals surface area contributed by atoms with Crippen molar-refractivity contribution >= 4 is 0 Å². The van der Waals surface area contributed by atoms with Gasteiger partial charge in [0.1, 0.15) is 12.2 Å². The van der Waals surface area contributed by atoms with E-state index in [0.29, 0.717) is 0 Å². The SMILES string of the molecule is [2H]C1OC(C#N)C(O)C1O. The van der Waals surface area contributed by atoms with Crippen molar-refractivity contribution in [3.63, 3.8) is 0 Å². The van der Waals surface area contributed by atoms with Crippen LogP contribution < -0.4 is 0 Å². The summed E-state index contributed by atoms with van der Waals surface area (Å²) in [4.78, 5) is 0. The zero-order valence-corrected chi connectivity index (χ0v) is 4.56. The second-order valence-electron chi connectivity index (χ2n) is 1.80. The summed E-state index contributed by atoms with van der Waals surface area (Å²) in [6, 6.07) is 1.62. The van der Waals surface area contributed by atoms with Crippen molar-refractivity contribution in [1.82, 2.24) is 0 Å². The van der Waals surface area contributed by atoms with Crippen LogP contribution in [-0.2, 0) is 4.74 Å². The molecule has 9 heavy (non-hydrogen) atoms. The Hall–Kier alpha value is -0.630. The number of aliphatic hydroxyl groups is 2. The summed E-state index contributed by atoms with van der Waals surface area (Å²) < 4.78 is 11.5. The number of aliphatic hydroxyl groups excluding tert-OH is 2. The number of rotatable bonds is 0. The Morgan fingerprint density at radius 1 is 1.78 bits per heavy atom. The number of nitrogens with zero attached hydrogens (tertiary/aromatic N) is 1. The van der Waals surface area contributed by atoms with Crippen LogP contribution in [0.25, 0.3) is 0 Å². The van der Waals surface area contributed by atoms with Crippen LogP contribution in [0.5, 0.6) is 0 Å². The molecule has 0 saturated carbocycles. The summed E-state index contributed by atoms with van der Waals surface area (Å²) in [5, 5.41) is 26.0. The molecule has 0 aromatic heterocycles. The Kier molecular flexibility index (Phi) is 1.33. The lowest BCUT2D eigenvalue weighted by atomic mass is 10.2. The normalized spacial score (nSPS) is 52.3. The van der Waals surface area contributed by atoms with E-state index in [1.807, 2.05) is 0 Å². The second kappa shape index (κ2) is 2.31. The van der Waals surface area contributed by atoms with Crippen molar-refractivity contribution in [2.75, 3.05) is 6.58 Å². The third kappa shape index (κ3) is 1.03. The van der Waals surface area contributed by atoms with Crippen molar-refractivity contribution in [3.05, 3.63) is 0 Å². The van der Waals surface area contributed by atoms with E-state index < -0.39 is 24.9 Å². The van der Waals surface area contributed by atoms with Crippen LogP contribution in [0.3, 0.4) is 0 Å². The quantitative estimate of drug-likeness (QED) is 0.424. The molecule has 2 N–H and O–H groups in total.